The fourth-order valence-corrected chi connectivity index (χ4v) is 4.46. The highest BCUT2D eigenvalue weighted by Gasteiger charge is 2.20. The second-order valence-corrected chi connectivity index (χ2v) is 8.47. The monoisotopic (exact) mass is 446 g/mol. The molecular formula is C23H19ClN6S. The van der Waals surface area contributed by atoms with Gasteiger partial charge in [0.05, 0.1) is 5.69 Å². The third kappa shape index (κ3) is 4.02. The smallest absolute Gasteiger partial charge is 0.159 e. The van der Waals surface area contributed by atoms with Gasteiger partial charge in [-0.3, -0.25) is 20.4 Å². The zero-order valence-electron chi connectivity index (χ0n) is 16.7. The minimum absolute atomic E-state index is 0.602. The van der Waals surface area contributed by atoms with Crippen LogP contribution in [0, 0.1) is 0 Å². The maximum absolute atomic E-state index is 6.07. The quantitative estimate of drug-likeness (QED) is 0.453. The van der Waals surface area contributed by atoms with Crippen molar-refractivity contribution in [1.82, 2.24) is 20.0 Å². The molecule has 4 aromatic rings. The van der Waals surface area contributed by atoms with E-state index < -0.39 is 0 Å². The van der Waals surface area contributed by atoms with Gasteiger partial charge in [-0.1, -0.05) is 41.6 Å². The van der Waals surface area contributed by atoms with E-state index in [2.05, 4.69) is 44.2 Å². The molecule has 0 radical (unpaired) electrons. The van der Waals surface area contributed by atoms with Crippen molar-refractivity contribution in [3.8, 4) is 22.8 Å². The van der Waals surface area contributed by atoms with E-state index in [1.54, 1.807) is 24.3 Å². The molecule has 8 heteroatoms. The molecule has 0 amide bonds. The van der Waals surface area contributed by atoms with Gasteiger partial charge in [-0.25, -0.2) is 4.98 Å². The number of pyridine rings is 1. The summed E-state index contributed by atoms with van der Waals surface area (Å²) in [7, 11) is 2.03. The van der Waals surface area contributed by atoms with Gasteiger partial charge in [0.1, 0.15) is 29.4 Å². The Labute approximate surface area is 189 Å². The molecule has 31 heavy (non-hydrogen) atoms. The molecule has 0 aliphatic carbocycles. The van der Waals surface area contributed by atoms with Crippen LogP contribution < -0.4 is 10.4 Å². The minimum atomic E-state index is 0.602. The number of aromatic nitrogens is 3. The van der Waals surface area contributed by atoms with Crippen LogP contribution in [0.3, 0.4) is 0 Å². The first-order valence-corrected chi connectivity index (χ1v) is 10.9. The fourth-order valence-electron chi connectivity index (χ4n) is 3.36. The van der Waals surface area contributed by atoms with Crippen molar-refractivity contribution < 1.29 is 0 Å². The summed E-state index contributed by atoms with van der Waals surface area (Å²) in [6, 6.07) is 22.0. The summed E-state index contributed by atoms with van der Waals surface area (Å²) in [6.45, 7) is 0.602. The van der Waals surface area contributed by atoms with Crippen LogP contribution in [0.1, 0.15) is 0 Å². The molecule has 0 bridgehead atoms. The molecule has 1 aliphatic heterocycles. The number of nitrogens with one attached hydrogen (secondary N) is 1. The third-order valence-electron chi connectivity index (χ3n) is 4.95. The molecule has 0 atom stereocenters. The van der Waals surface area contributed by atoms with Crippen molar-refractivity contribution >= 4 is 35.4 Å². The maximum atomic E-state index is 6.07. The van der Waals surface area contributed by atoms with Crippen LogP contribution in [0.15, 0.2) is 87.8 Å². The van der Waals surface area contributed by atoms with Crippen molar-refractivity contribution in [3.05, 3.63) is 77.9 Å². The summed E-state index contributed by atoms with van der Waals surface area (Å²) < 4.78 is 2.10. The van der Waals surface area contributed by atoms with Crippen LogP contribution in [0.2, 0.25) is 5.02 Å². The van der Waals surface area contributed by atoms with Crippen molar-refractivity contribution in [2.24, 2.45) is 12.0 Å². The Balaban J connectivity index is 1.56. The first-order valence-electron chi connectivity index (χ1n) is 9.73. The van der Waals surface area contributed by atoms with Crippen molar-refractivity contribution in [2.45, 2.75) is 9.92 Å². The molecule has 1 aliphatic rings. The highest BCUT2D eigenvalue weighted by molar-refractivity contribution is 7.99. The van der Waals surface area contributed by atoms with Crippen molar-refractivity contribution in [1.29, 1.82) is 0 Å². The molecule has 3 heterocycles. The van der Waals surface area contributed by atoms with Gasteiger partial charge >= 0.3 is 0 Å². The Bertz CT molecular complexity index is 1210. The van der Waals surface area contributed by atoms with E-state index in [1.165, 1.54) is 0 Å². The van der Waals surface area contributed by atoms with Crippen LogP contribution in [0.5, 0.6) is 0 Å². The topological polar surface area (TPSA) is 58.3 Å². The van der Waals surface area contributed by atoms with Crippen LogP contribution >= 0.6 is 23.4 Å². The van der Waals surface area contributed by atoms with Gasteiger partial charge in [0.2, 0.25) is 0 Å². The predicted octanol–water partition coefficient (Wildman–Crippen LogP) is 5.26. The normalized spacial score (nSPS) is 12.9. The van der Waals surface area contributed by atoms with E-state index in [9.17, 15) is 0 Å². The summed E-state index contributed by atoms with van der Waals surface area (Å²) >= 11 is 7.73. The molecule has 6 nitrogen and oxygen atoms in total. The molecule has 0 saturated carbocycles. The summed E-state index contributed by atoms with van der Waals surface area (Å²) in [5.41, 5.74) is 6.96. The van der Waals surface area contributed by atoms with E-state index in [0.29, 0.717) is 6.67 Å². The predicted molar refractivity (Wildman–Crippen MR) is 126 cm³/mol. The largest absolute Gasteiger partial charge is 0.320 e. The molecule has 5 rings (SSSR count). The molecule has 0 unspecified atom stereocenters. The summed E-state index contributed by atoms with van der Waals surface area (Å²) in [5, 5.41) is 3.74. The van der Waals surface area contributed by atoms with Gasteiger partial charge in [-0.2, -0.15) is 0 Å². The molecule has 2 aromatic carbocycles. The number of anilines is 1. The van der Waals surface area contributed by atoms with Gasteiger partial charge in [0.25, 0.3) is 0 Å². The number of hydrogen-bond donors (Lipinski definition) is 1. The van der Waals surface area contributed by atoms with Crippen LogP contribution in [-0.4, -0.2) is 27.5 Å². The number of aliphatic imine (C=N–C) groups is 1. The Morgan fingerprint density at radius 1 is 1.00 bits per heavy atom. The lowest BCUT2D eigenvalue weighted by Crippen LogP contribution is -2.31. The maximum Gasteiger partial charge on any atom is 0.159 e. The van der Waals surface area contributed by atoms with Crippen LogP contribution in [0.4, 0.5) is 5.69 Å². The number of hydrazine groups is 1. The van der Waals surface area contributed by atoms with Gasteiger partial charge in [0, 0.05) is 28.7 Å². The Kier molecular flexibility index (Phi) is 5.36. The molecule has 0 spiro atoms. The highest BCUT2D eigenvalue weighted by atomic mass is 35.5. The highest BCUT2D eigenvalue weighted by Crippen LogP contribution is 2.38. The molecule has 0 fully saturated rings. The summed E-state index contributed by atoms with van der Waals surface area (Å²) in [5.74, 6) is 0.825. The first-order chi connectivity index (χ1) is 15.2. The van der Waals surface area contributed by atoms with Crippen LogP contribution in [-0.2, 0) is 7.05 Å². The zero-order valence-corrected chi connectivity index (χ0v) is 18.3. The number of rotatable bonds is 5. The van der Waals surface area contributed by atoms with Gasteiger partial charge in [0.15, 0.2) is 5.82 Å². The van der Waals surface area contributed by atoms with Gasteiger partial charge in [-0.05, 0) is 48.5 Å². The number of benzene rings is 2. The molecule has 1 N–H and O–H groups in total. The molecule has 2 aromatic heterocycles. The van der Waals surface area contributed by atoms with E-state index in [1.807, 2.05) is 54.5 Å². The minimum Gasteiger partial charge on any atom is -0.320 e. The lowest BCUT2D eigenvalue weighted by molar-refractivity contribution is 0.831. The van der Waals surface area contributed by atoms with E-state index in [0.717, 1.165) is 43.4 Å². The SMILES string of the molecule is Cn1c(-c2ccccn2)nc(-c2ccc(N3CN=CN3)cc2)c1Sc1ccc(Cl)cc1. The fraction of sp³-hybridized carbons (Fsp3) is 0.0870. The lowest BCUT2D eigenvalue weighted by Gasteiger charge is -2.17. The van der Waals surface area contributed by atoms with Crippen molar-refractivity contribution in [3.63, 3.8) is 0 Å². The summed E-state index contributed by atoms with van der Waals surface area (Å²) in [6.07, 6.45) is 3.49. The second kappa shape index (κ2) is 8.45. The van der Waals surface area contributed by atoms with E-state index in [4.69, 9.17) is 16.6 Å². The summed E-state index contributed by atoms with van der Waals surface area (Å²) in [4.78, 5) is 14.8. The number of imidazole rings is 1. The number of halogens is 1. The van der Waals surface area contributed by atoms with E-state index >= 15 is 0 Å². The average Bonchev–Trinajstić information content (AvgIpc) is 3.45. The number of hydrogen-bond acceptors (Lipinski definition) is 6. The zero-order chi connectivity index (χ0) is 21.2. The number of nitrogens with zero attached hydrogens (tertiary/aromatic N) is 5. The Morgan fingerprint density at radius 2 is 1.81 bits per heavy atom. The first kappa shape index (κ1) is 19.7. The lowest BCUT2D eigenvalue weighted by atomic mass is 10.1. The third-order valence-corrected chi connectivity index (χ3v) is 6.37. The van der Waals surface area contributed by atoms with Gasteiger partial charge < -0.3 is 4.57 Å². The Morgan fingerprint density at radius 3 is 2.48 bits per heavy atom. The Hall–Kier alpha value is -3.29. The van der Waals surface area contributed by atoms with E-state index in [-0.39, 0.29) is 0 Å². The molecule has 154 valence electrons. The molecular weight excluding hydrogens is 428 g/mol. The standard InChI is InChI=1S/C23H19ClN6S/c1-29-22(20-4-2-3-13-26-20)28-21(23(29)31-19-11-7-17(24)8-12-19)16-5-9-18(10-6-16)30-15-25-14-27-30/h2-14H,15H2,1H3,(H,25,27). The van der Waals surface area contributed by atoms with Crippen LogP contribution in [0.25, 0.3) is 22.8 Å². The average molecular weight is 447 g/mol. The van der Waals surface area contributed by atoms with Crippen molar-refractivity contribution in [2.75, 3.05) is 11.7 Å². The van der Waals surface area contributed by atoms with Gasteiger partial charge in [-0.15, -0.1) is 0 Å². The second-order valence-electron chi connectivity index (χ2n) is 6.98. The molecule has 0 saturated heterocycles.